The number of hydrogen-bond donors (Lipinski definition) is 2. The van der Waals surface area contributed by atoms with Crippen LogP contribution >= 0.6 is 23.2 Å². The molecule has 0 amide bonds. The van der Waals surface area contributed by atoms with Gasteiger partial charge in [0.2, 0.25) is 0 Å². The van der Waals surface area contributed by atoms with Crippen LogP contribution in [0.2, 0.25) is 10.0 Å². The third-order valence-corrected chi connectivity index (χ3v) is 3.07. The van der Waals surface area contributed by atoms with Crippen molar-refractivity contribution in [2.45, 2.75) is 19.0 Å². The highest BCUT2D eigenvalue weighted by atomic mass is 35.5. The topological polar surface area (TPSA) is 58.6 Å². The van der Waals surface area contributed by atoms with E-state index in [-0.39, 0.29) is 12.6 Å². The van der Waals surface area contributed by atoms with Gasteiger partial charge >= 0.3 is 5.97 Å². The molecule has 0 aliphatic rings. The molecule has 1 rings (SSSR count). The number of benzene rings is 1. The Morgan fingerprint density at radius 1 is 1.50 bits per heavy atom. The smallest absolute Gasteiger partial charge is 0.323 e. The Morgan fingerprint density at radius 2 is 2.17 bits per heavy atom. The molecular weight excluding hydrogens is 277 g/mol. The Balaban J connectivity index is 2.80. The Morgan fingerprint density at radius 3 is 2.67 bits per heavy atom. The Labute approximate surface area is 116 Å². The highest BCUT2D eigenvalue weighted by molar-refractivity contribution is 6.35. The zero-order valence-corrected chi connectivity index (χ0v) is 11.6. The Bertz CT molecular complexity index is 426. The number of rotatable bonds is 6. The van der Waals surface area contributed by atoms with Crippen LogP contribution in [0.4, 0.5) is 0 Å². The normalized spacial score (nSPS) is 14.2. The SMILES string of the molecule is COCC(NC(C)c1ccc(Cl)cc1Cl)C(=O)O. The number of carbonyl (C=O) groups is 1. The molecule has 0 bridgehead atoms. The van der Waals surface area contributed by atoms with E-state index >= 15 is 0 Å². The van der Waals surface area contributed by atoms with Gasteiger partial charge in [-0.15, -0.1) is 0 Å². The number of ether oxygens (including phenoxy) is 1. The molecule has 0 heterocycles. The molecule has 4 nitrogen and oxygen atoms in total. The molecule has 0 saturated heterocycles. The highest BCUT2D eigenvalue weighted by Crippen LogP contribution is 2.26. The van der Waals surface area contributed by atoms with Crippen molar-refractivity contribution in [2.24, 2.45) is 0 Å². The van der Waals surface area contributed by atoms with Gasteiger partial charge in [0.15, 0.2) is 0 Å². The van der Waals surface area contributed by atoms with Gasteiger partial charge in [-0.3, -0.25) is 10.1 Å². The molecule has 18 heavy (non-hydrogen) atoms. The predicted octanol–water partition coefficient (Wildman–Crippen LogP) is 2.74. The molecule has 1 aromatic rings. The predicted molar refractivity (Wildman–Crippen MR) is 71.3 cm³/mol. The number of nitrogens with one attached hydrogen (secondary N) is 1. The van der Waals surface area contributed by atoms with Crippen molar-refractivity contribution in [3.63, 3.8) is 0 Å². The molecule has 0 aromatic heterocycles. The van der Waals surface area contributed by atoms with Crippen molar-refractivity contribution in [3.05, 3.63) is 33.8 Å². The quantitative estimate of drug-likeness (QED) is 0.846. The van der Waals surface area contributed by atoms with Gasteiger partial charge in [-0.1, -0.05) is 29.3 Å². The van der Waals surface area contributed by atoms with Crippen molar-refractivity contribution in [1.29, 1.82) is 0 Å². The minimum Gasteiger partial charge on any atom is -0.480 e. The lowest BCUT2D eigenvalue weighted by atomic mass is 10.1. The monoisotopic (exact) mass is 291 g/mol. The van der Waals surface area contributed by atoms with E-state index in [2.05, 4.69) is 5.32 Å². The summed E-state index contributed by atoms with van der Waals surface area (Å²) in [5.41, 5.74) is 0.795. The number of carboxylic acids is 1. The average Bonchev–Trinajstić information content (AvgIpc) is 2.27. The fourth-order valence-corrected chi connectivity index (χ4v) is 2.17. The second-order valence-electron chi connectivity index (χ2n) is 3.90. The number of aliphatic carboxylic acids is 1. The first-order valence-corrected chi connectivity index (χ1v) is 6.14. The summed E-state index contributed by atoms with van der Waals surface area (Å²) in [6.45, 7) is 1.92. The van der Waals surface area contributed by atoms with Crippen LogP contribution < -0.4 is 5.32 Å². The number of hydrogen-bond acceptors (Lipinski definition) is 3. The molecule has 0 spiro atoms. The lowest BCUT2D eigenvalue weighted by Gasteiger charge is -2.20. The second kappa shape index (κ2) is 6.95. The molecule has 2 atom stereocenters. The van der Waals surface area contributed by atoms with Gasteiger partial charge in [0.1, 0.15) is 6.04 Å². The van der Waals surface area contributed by atoms with Gasteiger partial charge in [-0.25, -0.2) is 0 Å². The average molecular weight is 292 g/mol. The molecule has 2 N–H and O–H groups in total. The summed E-state index contributed by atoms with van der Waals surface area (Å²) in [6, 6.07) is 4.12. The first-order chi connectivity index (χ1) is 8.45. The summed E-state index contributed by atoms with van der Waals surface area (Å²) in [4.78, 5) is 11.0. The lowest BCUT2D eigenvalue weighted by Crippen LogP contribution is -2.41. The maximum Gasteiger partial charge on any atom is 0.323 e. The van der Waals surface area contributed by atoms with Crippen molar-refractivity contribution < 1.29 is 14.6 Å². The summed E-state index contributed by atoms with van der Waals surface area (Å²) < 4.78 is 4.85. The van der Waals surface area contributed by atoms with E-state index in [1.54, 1.807) is 18.2 Å². The minimum absolute atomic E-state index is 0.0882. The Hall–Kier alpha value is -0.810. The number of halogens is 2. The van der Waals surface area contributed by atoms with Crippen molar-refractivity contribution >= 4 is 29.2 Å². The molecule has 0 radical (unpaired) electrons. The molecule has 0 aliphatic carbocycles. The minimum atomic E-state index is -0.964. The Kier molecular flexibility index (Phi) is 5.88. The van der Waals surface area contributed by atoms with E-state index in [1.807, 2.05) is 6.92 Å². The largest absolute Gasteiger partial charge is 0.480 e. The van der Waals surface area contributed by atoms with Crippen LogP contribution in [-0.4, -0.2) is 30.8 Å². The maximum atomic E-state index is 11.0. The standard InChI is InChI=1S/C12H15Cl2NO3/c1-7(15-11(6-18-2)12(16)17)9-4-3-8(13)5-10(9)14/h3-5,7,11,15H,6H2,1-2H3,(H,16,17). The van der Waals surface area contributed by atoms with Crippen LogP contribution in [0.1, 0.15) is 18.5 Å². The molecule has 6 heteroatoms. The highest BCUT2D eigenvalue weighted by Gasteiger charge is 2.21. The van der Waals surface area contributed by atoms with Gasteiger partial charge in [-0.05, 0) is 24.6 Å². The van der Waals surface area contributed by atoms with E-state index in [4.69, 9.17) is 33.0 Å². The van der Waals surface area contributed by atoms with Gasteiger partial charge in [0, 0.05) is 23.2 Å². The van der Waals surface area contributed by atoms with Crippen LogP contribution in [0.15, 0.2) is 18.2 Å². The van der Waals surface area contributed by atoms with Gasteiger partial charge < -0.3 is 9.84 Å². The molecule has 0 saturated carbocycles. The fraction of sp³-hybridized carbons (Fsp3) is 0.417. The summed E-state index contributed by atoms with van der Waals surface area (Å²) >= 11 is 11.9. The van der Waals surface area contributed by atoms with Gasteiger partial charge in [-0.2, -0.15) is 0 Å². The molecule has 100 valence electrons. The van der Waals surface area contributed by atoms with Crippen LogP contribution in [0, 0.1) is 0 Å². The first-order valence-electron chi connectivity index (χ1n) is 5.38. The fourth-order valence-electron chi connectivity index (χ4n) is 1.60. The summed E-state index contributed by atoms with van der Waals surface area (Å²) in [5.74, 6) is -0.964. The van der Waals surface area contributed by atoms with E-state index in [0.29, 0.717) is 10.0 Å². The maximum absolute atomic E-state index is 11.0. The molecule has 1 aromatic carbocycles. The van der Waals surface area contributed by atoms with Crippen LogP contribution in [0.25, 0.3) is 0 Å². The molecule has 0 fully saturated rings. The number of methoxy groups -OCH3 is 1. The summed E-state index contributed by atoms with van der Waals surface area (Å²) in [7, 11) is 1.46. The third kappa shape index (κ3) is 4.14. The number of carboxylic acid groups (broad SMARTS) is 1. The van der Waals surface area contributed by atoms with Gasteiger partial charge in [0.25, 0.3) is 0 Å². The first kappa shape index (κ1) is 15.2. The van der Waals surface area contributed by atoms with Crippen molar-refractivity contribution in [2.75, 3.05) is 13.7 Å². The van der Waals surface area contributed by atoms with Crippen LogP contribution in [-0.2, 0) is 9.53 Å². The zero-order valence-electron chi connectivity index (χ0n) is 10.1. The van der Waals surface area contributed by atoms with E-state index in [0.717, 1.165) is 5.56 Å². The van der Waals surface area contributed by atoms with Crippen molar-refractivity contribution in [3.8, 4) is 0 Å². The second-order valence-corrected chi connectivity index (χ2v) is 4.74. The van der Waals surface area contributed by atoms with Crippen molar-refractivity contribution in [1.82, 2.24) is 5.32 Å². The van der Waals surface area contributed by atoms with Crippen LogP contribution in [0.5, 0.6) is 0 Å². The van der Waals surface area contributed by atoms with Crippen LogP contribution in [0.3, 0.4) is 0 Å². The van der Waals surface area contributed by atoms with E-state index in [9.17, 15) is 4.79 Å². The zero-order chi connectivity index (χ0) is 13.7. The molecule has 0 aliphatic heterocycles. The molecule has 2 unspecified atom stereocenters. The van der Waals surface area contributed by atoms with E-state index < -0.39 is 12.0 Å². The van der Waals surface area contributed by atoms with Gasteiger partial charge in [0.05, 0.1) is 6.61 Å². The lowest BCUT2D eigenvalue weighted by molar-refractivity contribution is -0.141. The summed E-state index contributed by atoms with van der Waals surface area (Å²) in [5, 5.41) is 13.0. The summed E-state index contributed by atoms with van der Waals surface area (Å²) in [6.07, 6.45) is 0. The molecular formula is C12H15Cl2NO3. The third-order valence-electron chi connectivity index (χ3n) is 2.51. The van der Waals surface area contributed by atoms with E-state index in [1.165, 1.54) is 7.11 Å².